The van der Waals surface area contributed by atoms with E-state index in [1.807, 2.05) is 49.4 Å². The van der Waals surface area contributed by atoms with Gasteiger partial charge in [-0.3, -0.25) is 0 Å². The van der Waals surface area contributed by atoms with E-state index in [1.54, 1.807) is 7.11 Å². The topological polar surface area (TPSA) is 30.5 Å². The van der Waals surface area contributed by atoms with Crippen molar-refractivity contribution in [2.45, 2.75) is 13.0 Å². The average Bonchev–Trinajstić information content (AvgIpc) is 2.49. The molecule has 3 nitrogen and oxygen atoms in total. The van der Waals surface area contributed by atoms with Gasteiger partial charge in [0, 0.05) is 5.69 Å². The maximum atomic E-state index is 5.95. The maximum Gasteiger partial charge on any atom is 0.135 e. The smallest absolute Gasteiger partial charge is 0.135 e. The molecule has 2 aromatic carbocycles. The Bertz CT molecular complexity index is 590. The van der Waals surface area contributed by atoms with Gasteiger partial charge in [-0.1, -0.05) is 18.2 Å². The van der Waals surface area contributed by atoms with Crippen LogP contribution in [0.1, 0.15) is 6.92 Å². The Balaban J connectivity index is 1.96. The van der Waals surface area contributed by atoms with Crippen molar-refractivity contribution in [2.75, 3.05) is 19.0 Å². The summed E-state index contributed by atoms with van der Waals surface area (Å²) in [5, 5.41) is 3.34. The highest BCUT2D eigenvalue weighted by atomic mass is 79.9. The highest BCUT2D eigenvalue weighted by Crippen LogP contribution is 2.36. The fourth-order valence-corrected chi connectivity index (χ4v) is 2.73. The number of methoxy groups -OCH3 is 1. The molecule has 0 heterocycles. The van der Waals surface area contributed by atoms with E-state index in [0.29, 0.717) is 0 Å². The van der Waals surface area contributed by atoms with Gasteiger partial charge in [-0.15, -0.1) is 0 Å². The molecule has 0 aromatic heterocycles. The lowest BCUT2D eigenvalue weighted by Gasteiger charge is -2.18. The van der Waals surface area contributed by atoms with Crippen LogP contribution in [-0.4, -0.2) is 19.8 Å². The third-order valence-corrected chi connectivity index (χ3v) is 4.14. The van der Waals surface area contributed by atoms with Crippen LogP contribution in [0.4, 0.5) is 5.69 Å². The van der Waals surface area contributed by atoms with Gasteiger partial charge in [-0.25, -0.2) is 0 Å². The standard InChI is InChI=1S/C16H17Br2NO2/c1-11(10-19-12-6-4-3-5-7-12)21-16-9-13(17)15(20-2)8-14(16)18/h3-9,11,19H,10H2,1-2H3. The van der Waals surface area contributed by atoms with Crippen molar-refractivity contribution in [1.82, 2.24) is 0 Å². The Kier molecular flexibility index (Phi) is 5.94. The monoisotopic (exact) mass is 413 g/mol. The molecule has 112 valence electrons. The minimum absolute atomic E-state index is 0.0294. The highest BCUT2D eigenvalue weighted by Gasteiger charge is 2.11. The quantitative estimate of drug-likeness (QED) is 0.713. The zero-order valence-corrected chi connectivity index (χ0v) is 15.1. The summed E-state index contributed by atoms with van der Waals surface area (Å²) >= 11 is 6.97. The van der Waals surface area contributed by atoms with Crippen LogP contribution in [0.3, 0.4) is 0 Å². The van der Waals surface area contributed by atoms with E-state index in [4.69, 9.17) is 9.47 Å². The van der Waals surface area contributed by atoms with Gasteiger partial charge in [0.2, 0.25) is 0 Å². The van der Waals surface area contributed by atoms with Crippen LogP contribution in [0.25, 0.3) is 0 Å². The van der Waals surface area contributed by atoms with E-state index in [9.17, 15) is 0 Å². The van der Waals surface area contributed by atoms with Crippen LogP contribution in [-0.2, 0) is 0 Å². The lowest BCUT2D eigenvalue weighted by molar-refractivity contribution is 0.232. The summed E-state index contributed by atoms with van der Waals surface area (Å²) in [6, 6.07) is 13.9. The Hall–Kier alpha value is -1.20. The lowest BCUT2D eigenvalue weighted by atomic mass is 10.3. The van der Waals surface area contributed by atoms with Gasteiger partial charge in [0.1, 0.15) is 17.6 Å². The zero-order chi connectivity index (χ0) is 15.2. The zero-order valence-electron chi connectivity index (χ0n) is 11.9. The number of halogens is 2. The number of nitrogens with one attached hydrogen (secondary N) is 1. The first kappa shape index (κ1) is 16.2. The summed E-state index contributed by atoms with van der Waals surface area (Å²) in [5.74, 6) is 1.55. The lowest BCUT2D eigenvalue weighted by Crippen LogP contribution is -2.22. The predicted molar refractivity (Wildman–Crippen MR) is 93.4 cm³/mol. The Labute approximate surface area is 141 Å². The summed E-state index contributed by atoms with van der Waals surface area (Å²) in [6.07, 6.45) is 0.0294. The van der Waals surface area contributed by atoms with Gasteiger partial charge in [0.05, 0.1) is 22.6 Å². The van der Waals surface area contributed by atoms with Gasteiger partial charge < -0.3 is 14.8 Å². The van der Waals surface area contributed by atoms with Crippen molar-refractivity contribution in [1.29, 1.82) is 0 Å². The van der Waals surface area contributed by atoms with E-state index in [2.05, 4.69) is 37.2 Å². The van der Waals surface area contributed by atoms with Crippen LogP contribution >= 0.6 is 31.9 Å². The molecule has 0 aliphatic rings. The number of ether oxygens (including phenoxy) is 2. The van der Waals surface area contributed by atoms with Crippen molar-refractivity contribution in [2.24, 2.45) is 0 Å². The molecule has 0 amide bonds. The van der Waals surface area contributed by atoms with Gasteiger partial charge in [-0.05, 0) is 63.0 Å². The van der Waals surface area contributed by atoms with Crippen LogP contribution in [0.5, 0.6) is 11.5 Å². The first-order chi connectivity index (χ1) is 10.1. The first-order valence-corrected chi connectivity index (χ1v) is 8.17. The van der Waals surface area contributed by atoms with Crippen molar-refractivity contribution in [3.63, 3.8) is 0 Å². The number of anilines is 1. The molecule has 0 bridgehead atoms. The highest BCUT2D eigenvalue weighted by molar-refractivity contribution is 9.11. The van der Waals surface area contributed by atoms with Gasteiger partial charge in [0.25, 0.3) is 0 Å². The second-order valence-corrected chi connectivity index (χ2v) is 6.30. The number of hydrogen-bond acceptors (Lipinski definition) is 3. The molecule has 0 aliphatic carbocycles. The van der Waals surface area contributed by atoms with Crippen LogP contribution in [0.15, 0.2) is 51.4 Å². The van der Waals surface area contributed by atoms with E-state index >= 15 is 0 Å². The van der Waals surface area contributed by atoms with Crippen molar-refractivity contribution in [3.05, 3.63) is 51.4 Å². The number of rotatable bonds is 6. The molecule has 0 spiro atoms. The van der Waals surface area contributed by atoms with E-state index in [-0.39, 0.29) is 6.10 Å². The van der Waals surface area contributed by atoms with Crippen LogP contribution in [0, 0.1) is 0 Å². The Morgan fingerprint density at radius 1 is 1.05 bits per heavy atom. The molecule has 1 atom stereocenters. The summed E-state index contributed by atoms with van der Waals surface area (Å²) in [7, 11) is 1.64. The molecule has 0 radical (unpaired) electrons. The minimum atomic E-state index is 0.0294. The Morgan fingerprint density at radius 2 is 1.67 bits per heavy atom. The molecule has 0 saturated carbocycles. The molecule has 21 heavy (non-hydrogen) atoms. The number of para-hydroxylation sites is 1. The summed E-state index contributed by atoms with van der Waals surface area (Å²) < 4.78 is 12.9. The predicted octanol–water partition coefficient (Wildman–Crippen LogP) is 5.10. The van der Waals surface area contributed by atoms with Crippen molar-refractivity contribution in [3.8, 4) is 11.5 Å². The second kappa shape index (κ2) is 7.71. The molecule has 0 saturated heterocycles. The Morgan fingerprint density at radius 3 is 2.33 bits per heavy atom. The molecule has 0 fully saturated rings. The molecule has 1 N–H and O–H groups in total. The van der Waals surface area contributed by atoms with Crippen LogP contribution in [0.2, 0.25) is 0 Å². The summed E-state index contributed by atoms with van der Waals surface area (Å²) in [4.78, 5) is 0. The minimum Gasteiger partial charge on any atom is -0.496 e. The molecule has 1 unspecified atom stereocenters. The van der Waals surface area contributed by atoms with E-state index in [0.717, 1.165) is 32.7 Å². The molecule has 2 aromatic rings. The first-order valence-electron chi connectivity index (χ1n) is 6.58. The number of benzene rings is 2. The van der Waals surface area contributed by atoms with Crippen LogP contribution < -0.4 is 14.8 Å². The second-order valence-electron chi connectivity index (χ2n) is 4.59. The summed E-state index contributed by atoms with van der Waals surface area (Å²) in [6.45, 7) is 2.75. The fourth-order valence-electron chi connectivity index (χ4n) is 1.83. The van der Waals surface area contributed by atoms with E-state index < -0.39 is 0 Å². The molecule has 2 rings (SSSR count). The van der Waals surface area contributed by atoms with Gasteiger partial charge >= 0.3 is 0 Å². The third kappa shape index (κ3) is 4.64. The SMILES string of the molecule is COc1cc(Br)c(OC(C)CNc2ccccc2)cc1Br. The number of hydrogen-bond donors (Lipinski definition) is 1. The summed E-state index contributed by atoms with van der Waals surface area (Å²) in [5.41, 5.74) is 1.09. The molecule has 5 heteroatoms. The molecule has 0 aliphatic heterocycles. The largest absolute Gasteiger partial charge is 0.496 e. The van der Waals surface area contributed by atoms with Crippen molar-refractivity contribution >= 4 is 37.5 Å². The van der Waals surface area contributed by atoms with Crippen molar-refractivity contribution < 1.29 is 9.47 Å². The molecular formula is C16H17Br2NO2. The normalized spacial score (nSPS) is 11.8. The molecular weight excluding hydrogens is 398 g/mol. The fraction of sp³-hybridized carbons (Fsp3) is 0.250. The maximum absolute atomic E-state index is 5.95. The average molecular weight is 415 g/mol. The third-order valence-electron chi connectivity index (χ3n) is 2.90. The van der Waals surface area contributed by atoms with Gasteiger partial charge in [0.15, 0.2) is 0 Å². The van der Waals surface area contributed by atoms with Gasteiger partial charge in [-0.2, -0.15) is 0 Å². The van der Waals surface area contributed by atoms with E-state index in [1.165, 1.54) is 0 Å².